The van der Waals surface area contributed by atoms with Crippen LogP contribution in [0.1, 0.15) is 16.7 Å². The van der Waals surface area contributed by atoms with Gasteiger partial charge in [-0.25, -0.2) is 0 Å². The van der Waals surface area contributed by atoms with E-state index in [1.807, 2.05) is 18.2 Å². The van der Waals surface area contributed by atoms with Crippen molar-refractivity contribution in [1.29, 1.82) is 0 Å². The summed E-state index contributed by atoms with van der Waals surface area (Å²) >= 11 is 0. The maximum atomic E-state index is 5.75. The molecule has 2 aromatic rings. The average Bonchev–Trinajstić information content (AvgIpc) is 2.53. The standard InChI is InChI=1S/C18H16OSi/c1-2-3-10-15-19-20-18(16-11-6-4-7-12-16)17-13-8-5-9-14-17/h1,3-14,18H,15H2/b10-3+. The Morgan fingerprint density at radius 2 is 1.55 bits per heavy atom. The number of terminal acetylenes is 1. The van der Waals surface area contributed by atoms with Gasteiger partial charge in [-0.05, 0) is 17.2 Å². The summed E-state index contributed by atoms with van der Waals surface area (Å²) in [5.41, 5.74) is 2.83. The lowest BCUT2D eigenvalue weighted by Crippen LogP contribution is -2.13. The second kappa shape index (κ2) is 8.16. The van der Waals surface area contributed by atoms with E-state index >= 15 is 0 Å². The van der Waals surface area contributed by atoms with Gasteiger partial charge >= 0.3 is 0 Å². The molecule has 0 aliphatic heterocycles. The van der Waals surface area contributed by atoms with Gasteiger partial charge in [0.25, 0.3) is 0 Å². The Labute approximate surface area is 123 Å². The zero-order valence-corrected chi connectivity index (χ0v) is 12.2. The lowest BCUT2D eigenvalue weighted by atomic mass is 10.0. The van der Waals surface area contributed by atoms with Crippen molar-refractivity contribution in [1.82, 2.24) is 0 Å². The van der Waals surface area contributed by atoms with E-state index in [0.29, 0.717) is 16.4 Å². The van der Waals surface area contributed by atoms with Crippen molar-refractivity contribution in [2.75, 3.05) is 6.61 Å². The fourth-order valence-electron chi connectivity index (χ4n) is 1.92. The lowest BCUT2D eigenvalue weighted by Gasteiger charge is -2.16. The van der Waals surface area contributed by atoms with E-state index in [1.165, 1.54) is 11.1 Å². The third kappa shape index (κ3) is 4.24. The summed E-state index contributed by atoms with van der Waals surface area (Å²) in [7, 11) is 0.370. The largest absolute Gasteiger partial charge is 0.413 e. The smallest absolute Gasteiger partial charge is 0.243 e. The van der Waals surface area contributed by atoms with Gasteiger partial charge in [-0.15, -0.1) is 6.42 Å². The van der Waals surface area contributed by atoms with Crippen molar-refractivity contribution in [3.8, 4) is 12.3 Å². The number of benzene rings is 2. The molecule has 0 saturated heterocycles. The number of rotatable bonds is 6. The molecule has 0 fully saturated rings. The van der Waals surface area contributed by atoms with Crippen LogP contribution in [0.4, 0.5) is 0 Å². The predicted octanol–water partition coefficient (Wildman–Crippen LogP) is 3.60. The minimum absolute atomic E-state index is 0.275. The molecule has 2 radical (unpaired) electrons. The normalized spacial score (nSPS) is 10.8. The van der Waals surface area contributed by atoms with Crippen LogP contribution in [0.5, 0.6) is 0 Å². The van der Waals surface area contributed by atoms with Crippen LogP contribution >= 0.6 is 0 Å². The molecule has 0 bridgehead atoms. The first-order valence-electron chi connectivity index (χ1n) is 6.50. The Hall–Kier alpha value is -2.08. The molecule has 0 aliphatic carbocycles. The molecular formula is C18H16OSi. The molecule has 2 rings (SSSR count). The van der Waals surface area contributed by atoms with Crippen LogP contribution in [-0.4, -0.2) is 16.4 Å². The molecule has 0 heterocycles. The van der Waals surface area contributed by atoms with Gasteiger partial charge in [-0.1, -0.05) is 72.7 Å². The first-order chi connectivity index (χ1) is 9.92. The minimum Gasteiger partial charge on any atom is -0.413 e. The highest BCUT2D eigenvalue weighted by Crippen LogP contribution is 2.23. The second-order valence-electron chi connectivity index (χ2n) is 4.25. The fourth-order valence-corrected chi connectivity index (χ4v) is 2.93. The molecule has 0 N–H and O–H groups in total. The van der Waals surface area contributed by atoms with E-state index in [0.717, 1.165) is 0 Å². The average molecular weight is 276 g/mol. The van der Waals surface area contributed by atoms with Crippen molar-refractivity contribution in [3.63, 3.8) is 0 Å². The van der Waals surface area contributed by atoms with Crippen molar-refractivity contribution < 1.29 is 4.43 Å². The van der Waals surface area contributed by atoms with Gasteiger partial charge in [0.05, 0.1) is 6.61 Å². The number of hydrogen-bond acceptors (Lipinski definition) is 1. The van der Waals surface area contributed by atoms with Crippen LogP contribution < -0.4 is 0 Å². The molecule has 0 amide bonds. The Bertz CT molecular complexity index is 530. The van der Waals surface area contributed by atoms with Crippen LogP contribution in [0.25, 0.3) is 0 Å². The maximum Gasteiger partial charge on any atom is 0.243 e. The highest BCUT2D eigenvalue weighted by Gasteiger charge is 2.15. The van der Waals surface area contributed by atoms with E-state index < -0.39 is 0 Å². The summed E-state index contributed by atoms with van der Waals surface area (Å²) in [5.74, 6) is 2.46. The van der Waals surface area contributed by atoms with Gasteiger partial charge < -0.3 is 4.43 Å². The maximum absolute atomic E-state index is 5.75. The summed E-state index contributed by atoms with van der Waals surface area (Å²) in [5, 5.41) is 0. The SMILES string of the molecule is C#C/C=C/CO[Si]C(c1ccccc1)c1ccccc1. The van der Waals surface area contributed by atoms with Crippen LogP contribution in [0.3, 0.4) is 0 Å². The molecule has 0 unspecified atom stereocenters. The zero-order chi connectivity index (χ0) is 14.0. The van der Waals surface area contributed by atoms with Gasteiger partial charge in [0, 0.05) is 5.54 Å². The first kappa shape index (κ1) is 14.3. The fraction of sp³-hybridized carbons (Fsp3) is 0.111. The van der Waals surface area contributed by atoms with Gasteiger partial charge in [0.1, 0.15) is 0 Å². The van der Waals surface area contributed by atoms with E-state index in [4.69, 9.17) is 10.8 Å². The quantitative estimate of drug-likeness (QED) is 0.445. The monoisotopic (exact) mass is 276 g/mol. The van der Waals surface area contributed by atoms with Crippen molar-refractivity contribution >= 4 is 9.76 Å². The van der Waals surface area contributed by atoms with E-state index in [9.17, 15) is 0 Å². The molecular weight excluding hydrogens is 260 g/mol. The summed E-state index contributed by atoms with van der Waals surface area (Å²) < 4.78 is 5.75. The topological polar surface area (TPSA) is 9.23 Å². The highest BCUT2D eigenvalue weighted by molar-refractivity contribution is 6.31. The second-order valence-corrected chi connectivity index (χ2v) is 5.35. The third-order valence-electron chi connectivity index (χ3n) is 2.86. The van der Waals surface area contributed by atoms with Crippen LogP contribution in [-0.2, 0) is 4.43 Å². The summed E-state index contributed by atoms with van der Waals surface area (Å²) in [6, 6.07) is 20.9. The van der Waals surface area contributed by atoms with Gasteiger partial charge in [0.15, 0.2) is 0 Å². The molecule has 0 spiro atoms. The van der Waals surface area contributed by atoms with Crippen LogP contribution in [0.15, 0.2) is 72.8 Å². The molecule has 20 heavy (non-hydrogen) atoms. The van der Waals surface area contributed by atoms with Crippen molar-refractivity contribution in [2.24, 2.45) is 0 Å². The van der Waals surface area contributed by atoms with E-state index in [-0.39, 0.29) is 5.54 Å². The molecule has 0 atom stereocenters. The lowest BCUT2D eigenvalue weighted by molar-refractivity contribution is 0.380. The van der Waals surface area contributed by atoms with Crippen molar-refractivity contribution in [3.05, 3.63) is 83.9 Å². The van der Waals surface area contributed by atoms with E-state index in [1.54, 1.807) is 6.08 Å². The highest BCUT2D eigenvalue weighted by atomic mass is 28.2. The molecule has 2 heteroatoms. The molecule has 2 aromatic carbocycles. The Balaban J connectivity index is 2.10. The summed E-state index contributed by atoms with van der Waals surface area (Å²) in [6.07, 6.45) is 8.69. The first-order valence-corrected chi connectivity index (χ1v) is 7.48. The predicted molar refractivity (Wildman–Crippen MR) is 84.4 cm³/mol. The van der Waals surface area contributed by atoms with Crippen LogP contribution in [0.2, 0.25) is 0 Å². The zero-order valence-electron chi connectivity index (χ0n) is 11.2. The van der Waals surface area contributed by atoms with Crippen molar-refractivity contribution in [2.45, 2.75) is 5.54 Å². The minimum atomic E-state index is 0.275. The van der Waals surface area contributed by atoms with E-state index in [2.05, 4.69) is 54.5 Å². The number of allylic oxidation sites excluding steroid dienone is 1. The van der Waals surface area contributed by atoms with Gasteiger partial charge in [-0.3, -0.25) is 0 Å². The molecule has 1 nitrogen and oxygen atoms in total. The Morgan fingerprint density at radius 3 is 2.05 bits per heavy atom. The third-order valence-corrected chi connectivity index (χ3v) is 4.10. The van der Waals surface area contributed by atoms with Crippen LogP contribution in [0, 0.1) is 12.3 Å². The Morgan fingerprint density at radius 1 is 1.00 bits per heavy atom. The molecule has 0 aliphatic rings. The van der Waals surface area contributed by atoms with Gasteiger partial charge in [-0.2, -0.15) is 0 Å². The Kier molecular flexibility index (Phi) is 5.85. The summed E-state index contributed by atoms with van der Waals surface area (Å²) in [6.45, 7) is 0.554. The van der Waals surface area contributed by atoms with Gasteiger partial charge in [0.2, 0.25) is 9.76 Å². The summed E-state index contributed by atoms with van der Waals surface area (Å²) in [4.78, 5) is 0. The number of hydrogen-bond donors (Lipinski definition) is 0. The molecule has 98 valence electrons. The molecule has 0 aromatic heterocycles. The molecule has 0 saturated carbocycles.